The molecule has 1 heterocycles. The monoisotopic (exact) mass is 392 g/mol. The number of carbonyl (C=O) groups excluding carboxylic acids is 1. The van der Waals surface area contributed by atoms with Crippen molar-refractivity contribution < 1.29 is 22.9 Å². The molecule has 0 fully saturated rings. The minimum atomic E-state index is -4.71. The highest BCUT2D eigenvalue weighted by atomic mass is 19.4. The first-order valence-electron chi connectivity index (χ1n) is 8.09. The number of halogens is 3. The van der Waals surface area contributed by atoms with Crippen molar-refractivity contribution in [3.05, 3.63) is 68.9 Å². The van der Waals surface area contributed by atoms with Gasteiger partial charge in [0.05, 0.1) is 10.5 Å². The largest absolute Gasteiger partial charge is 0.416 e. The summed E-state index contributed by atoms with van der Waals surface area (Å²) in [6.45, 7) is 3.81. The molecule has 7 nitrogen and oxygen atoms in total. The third-order valence-corrected chi connectivity index (χ3v) is 4.40. The number of H-pyrrole nitrogens is 1. The number of nitro groups is 1. The normalized spacial score (nSPS) is 11.5. The molecule has 0 spiro atoms. The number of nitrogens with one attached hydrogen (secondary N) is 3. The predicted molar refractivity (Wildman–Crippen MR) is 97.0 cm³/mol. The Bertz CT molecular complexity index is 1090. The van der Waals surface area contributed by atoms with Crippen molar-refractivity contribution in [2.45, 2.75) is 20.0 Å². The van der Waals surface area contributed by atoms with Gasteiger partial charge < -0.3 is 4.98 Å². The minimum Gasteiger partial charge on any atom is -0.358 e. The van der Waals surface area contributed by atoms with E-state index in [0.717, 1.165) is 28.2 Å². The first-order chi connectivity index (χ1) is 13.1. The average molecular weight is 392 g/mol. The van der Waals surface area contributed by atoms with Crippen LogP contribution in [-0.2, 0) is 6.18 Å². The molecule has 1 aromatic heterocycles. The molecule has 0 aliphatic carbocycles. The van der Waals surface area contributed by atoms with E-state index in [1.54, 1.807) is 18.2 Å². The number of aryl methyl sites for hydroxylation is 2. The number of aromatic amines is 1. The summed E-state index contributed by atoms with van der Waals surface area (Å²) in [4.78, 5) is 25.7. The Labute approximate surface area is 156 Å². The lowest BCUT2D eigenvalue weighted by Gasteiger charge is -2.11. The molecule has 3 rings (SSSR count). The maximum atomic E-state index is 12.7. The van der Waals surface area contributed by atoms with Crippen molar-refractivity contribution in [2.24, 2.45) is 0 Å². The first kappa shape index (κ1) is 19.2. The van der Waals surface area contributed by atoms with Crippen LogP contribution >= 0.6 is 0 Å². The van der Waals surface area contributed by atoms with E-state index in [-0.39, 0.29) is 11.3 Å². The molecule has 0 unspecified atom stereocenters. The number of aromatic nitrogens is 1. The number of hydrazine groups is 1. The Morgan fingerprint density at radius 3 is 2.50 bits per heavy atom. The van der Waals surface area contributed by atoms with Gasteiger partial charge in [0.25, 0.3) is 11.6 Å². The molecule has 3 N–H and O–H groups in total. The van der Waals surface area contributed by atoms with E-state index in [9.17, 15) is 28.1 Å². The van der Waals surface area contributed by atoms with Crippen LogP contribution in [-0.4, -0.2) is 15.8 Å². The Morgan fingerprint density at radius 1 is 1.14 bits per heavy atom. The Morgan fingerprint density at radius 2 is 1.86 bits per heavy atom. The van der Waals surface area contributed by atoms with Gasteiger partial charge in [0.15, 0.2) is 0 Å². The molecule has 28 heavy (non-hydrogen) atoms. The predicted octanol–water partition coefficient (Wildman–Crippen LogP) is 4.47. The number of anilines is 1. The van der Waals surface area contributed by atoms with E-state index in [4.69, 9.17) is 0 Å². The number of alkyl halides is 3. The van der Waals surface area contributed by atoms with Crippen LogP contribution in [0, 0.1) is 24.0 Å². The number of nitro benzene ring substituents is 1. The summed E-state index contributed by atoms with van der Waals surface area (Å²) >= 11 is 0. The van der Waals surface area contributed by atoms with E-state index in [1.165, 1.54) is 0 Å². The van der Waals surface area contributed by atoms with Gasteiger partial charge in [-0.2, -0.15) is 13.2 Å². The highest BCUT2D eigenvalue weighted by molar-refractivity contribution is 5.99. The summed E-state index contributed by atoms with van der Waals surface area (Å²) < 4.78 is 38.2. The molecule has 2 aromatic carbocycles. The second-order valence-electron chi connectivity index (χ2n) is 6.20. The van der Waals surface area contributed by atoms with Crippen molar-refractivity contribution in [1.29, 1.82) is 0 Å². The van der Waals surface area contributed by atoms with Crippen molar-refractivity contribution in [3.63, 3.8) is 0 Å². The lowest BCUT2D eigenvalue weighted by molar-refractivity contribution is -0.384. The summed E-state index contributed by atoms with van der Waals surface area (Å²) in [5, 5.41) is 11.9. The van der Waals surface area contributed by atoms with E-state index >= 15 is 0 Å². The number of hydrogen-bond acceptors (Lipinski definition) is 4. The topological polar surface area (TPSA) is 100 Å². The molecule has 1 amide bonds. The van der Waals surface area contributed by atoms with Gasteiger partial charge >= 0.3 is 6.18 Å². The van der Waals surface area contributed by atoms with Crippen LogP contribution in [0.15, 0.2) is 36.4 Å². The molecule has 0 bridgehead atoms. The van der Waals surface area contributed by atoms with Gasteiger partial charge in [-0.25, -0.2) is 0 Å². The number of carbonyl (C=O) groups is 1. The quantitative estimate of drug-likeness (QED) is 0.451. The number of amides is 1. The SMILES string of the molecule is Cc1[nH]c2ccc(C(=O)NNc3ccc(C(F)(F)F)cc3[N+](=O)[O-])cc2c1C. The average Bonchev–Trinajstić information content (AvgIpc) is 2.92. The third kappa shape index (κ3) is 3.61. The highest BCUT2D eigenvalue weighted by Crippen LogP contribution is 2.34. The van der Waals surface area contributed by atoms with E-state index in [2.05, 4.69) is 15.8 Å². The zero-order valence-electron chi connectivity index (χ0n) is 14.8. The lowest BCUT2D eigenvalue weighted by Crippen LogP contribution is -2.29. The number of hydrogen-bond donors (Lipinski definition) is 3. The molecular formula is C18H15F3N4O3. The fraction of sp³-hybridized carbons (Fsp3) is 0.167. The zero-order valence-corrected chi connectivity index (χ0v) is 14.8. The van der Waals surface area contributed by atoms with Gasteiger partial charge in [0.1, 0.15) is 5.69 Å². The molecule has 0 saturated heterocycles. The summed E-state index contributed by atoms with van der Waals surface area (Å²) in [5.74, 6) is -0.589. The van der Waals surface area contributed by atoms with Crippen LogP contribution in [0.2, 0.25) is 0 Å². The Balaban J connectivity index is 1.83. The number of fused-ring (bicyclic) bond motifs is 1. The molecule has 0 aliphatic heterocycles. The molecule has 0 radical (unpaired) electrons. The standard InChI is InChI=1S/C18H15F3N4O3/c1-9-10(2)22-14-5-3-11(7-13(9)14)17(26)24-23-15-6-4-12(18(19,20)21)8-16(15)25(27)28/h3-8,22-23H,1-2H3,(H,24,26). The third-order valence-electron chi connectivity index (χ3n) is 4.40. The molecule has 0 aliphatic rings. The van der Waals surface area contributed by atoms with Crippen LogP contribution in [0.4, 0.5) is 24.5 Å². The zero-order chi connectivity index (χ0) is 20.6. The maximum absolute atomic E-state index is 12.7. The number of rotatable bonds is 4. The first-order valence-corrected chi connectivity index (χ1v) is 8.09. The maximum Gasteiger partial charge on any atom is 0.416 e. The number of benzene rings is 2. The van der Waals surface area contributed by atoms with Gasteiger partial charge in [-0.3, -0.25) is 25.8 Å². The minimum absolute atomic E-state index is 0.263. The van der Waals surface area contributed by atoms with Crippen LogP contribution in [0.25, 0.3) is 10.9 Å². The Kier molecular flexibility index (Phi) is 4.72. The van der Waals surface area contributed by atoms with Crippen molar-refractivity contribution in [1.82, 2.24) is 10.4 Å². The van der Waals surface area contributed by atoms with Crippen molar-refractivity contribution >= 4 is 28.2 Å². The molecular weight excluding hydrogens is 377 g/mol. The molecule has 0 saturated carbocycles. The molecule has 10 heteroatoms. The Hall–Kier alpha value is -3.56. The molecule has 146 valence electrons. The van der Waals surface area contributed by atoms with Gasteiger partial charge in [-0.15, -0.1) is 0 Å². The second-order valence-corrected chi connectivity index (χ2v) is 6.20. The second kappa shape index (κ2) is 6.87. The van der Waals surface area contributed by atoms with E-state index in [0.29, 0.717) is 12.1 Å². The van der Waals surface area contributed by atoms with Gasteiger partial charge in [-0.1, -0.05) is 0 Å². The molecule has 0 atom stereocenters. The van der Waals surface area contributed by atoms with Crippen LogP contribution < -0.4 is 10.9 Å². The van der Waals surface area contributed by atoms with Crippen molar-refractivity contribution in [3.8, 4) is 0 Å². The summed E-state index contributed by atoms with van der Waals surface area (Å²) in [5.41, 5.74) is 5.47. The van der Waals surface area contributed by atoms with Crippen LogP contribution in [0.1, 0.15) is 27.2 Å². The summed E-state index contributed by atoms with van der Waals surface area (Å²) in [6, 6.07) is 6.95. The fourth-order valence-corrected chi connectivity index (χ4v) is 2.76. The van der Waals surface area contributed by atoms with E-state index < -0.39 is 28.3 Å². The molecule has 3 aromatic rings. The summed E-state index contributed by atoms with van der Waals surface area (Å²) in [7, 11) is 0. The van der Waals surface area contributed by atoms with Gasteiger partial charge in [-0.05, 0) is 49.7 Å². The van der Waals surface area contributed by atoms with Crippen LogP contribution in [0.3, 0.4) is 0 Å². The number of nitrogens with zero attached hydrogens (tertiary/aromatic N) is 1. The van der Waals surface area contributed by atoms with Crippen LogP contribution in [0.5, 0.6) is 0 Å². The lowest BCUT2D eigenvalue weighted by atomic mass is 10.1. The van der Waals surface area contributed by atoms with Gasteiger partial charge in [0, 0.05) is 28.2 Å². The smallest absolute Gasteiger partial charge is 0.358 e. The fourth-order valence-electron chi connectivity index (χ4n) is 2.76. The summed E-state index contributed by atoms with van der Waals surface area (Å²) in [6.07, 6.45) is -4.71. The van der Waals surface area contributed by atoms with E-state index in [1.807, 2.05) is 13.8 Å². The van der Waals surface area contributed by atoms with Gasteiger partial charge in [0.2, 0.25) is 0 Å². The van der Waals surface area contributed by atoms with Crippen molar-refractivity contribution in [2.75, 3.05) is 5.43 Å². The highest BCUT2D eigenvalue weighted by Gasteiger charge is 2.33.